The van der Waals surface area contributed by atoms with Gasteiger partial charge in [-0.25, -0.2) is 0 Å². The average molecular weight is 342 g/mol. The molecule has 5 nitrogen and oxygen atoms in total. The number of hydrogen-bond donors (Lipinski definition) is 1. The number of carbonyl (C=O) groups excluding carboxylic acids is 3. The Morgan fingerprint density at radius 1 is 1.16 bits per heavy atom. The Balaban J connectivity index is 1.69. The maximum Gasteiger partial charge on any atom is 0.244 e. The Bertz CT molecular complexity index is 690. The SMILES string of the molecule is CC(C)c1ccccc1NC(=O)CN1C(=O)CC2(CCCCC2)C1=O. The van der Waals surface area contributed by atoms with Gasteiger partial charge < -0.3 is 5.32 Å². The van der Waals surface area contributed by atoms with E-state index >= 15 is 0 Å². The highest BCUT2D eigenvalue weighted by Gasteiger charge is 2.51. The lowest BCUT2D eigenvalue weighted by Gasteiger charge is -2.30. The van der Waals surface area contributed by atoms with E-state index in [2.05, 4.69) is 19.2 Å². The summed E-state index contributed by atoms with van der Waals surface area (Å²) in [4.78, 5) is 38.7. The molecule has 1 aliphatic heterocycles. The number of nitrogens with one attached hydrogen (secondary N) is 1. The van der Waals surface area contributed by atoms with Crippen LogP contribution in [0.25, 0.3) is 0 Å². The van der Waals surface area contributed by atoms with E-state index in [1.165, 1.54) is 4.90 Å². The molecule has 0 aromatic heterocycles. The van der Waals surface area contributed by atoms with Crippen LogP contribution in [0.1, 0.15) is 63.9 Å². The van der Waals surface area contributed by atoms with E-state index in [1.807, 2.05) is 24.3 Å². The van der Waals surface area contributed by atoms with Crippen molar-refractivity contribution in [1.29, 1.82) is 0 Å². The molecule has 1 aliphatic carbocycles. The van der Waals surface area contributed by atoms with Crippen LogP contribution in [0.2, 0.25) is 0 Å². The quantitative estimate of drug-likeness (QED) is 0.852. The molecule has 3 rings (SSSR count). The zero-order valence-corrected chi connectivity index (χ0v) is 15.0. The summed E-state index contributed by atoms with van der Waals surface area (Å²) >= 11 is 0. The highest BCUT2D eigenvalue weighted by atomic mass is 16.2. The van der Waals surface area contributed by atoms with E-state index in [4.69, 9.17) is 0 Å². The van der Waals surface area contributed by atoms with Gasteiger partial charge in [-0.05, 0) is 30.4 Å². The van der Waals surface area contributed by atoms with Gasteiger partial charge in [-0.3, -0.25) is 19.3 Å². The van der Waals surface area contributed by atoms with E-state index in [-0.39, 0.29) is 36.6 Å². The minimum atomic E-state index is -0.536. The second-order valence-corrected chi connectivity index (χ2v) is 7.59. The molecule has 0 unspecified atom stereocenters. The predicted molar refractivity (Wildman–Crippen MR) is 96.0 cm³/mol. The highest BCUT2D eigenvalue weighted by Crippen LogP contribution is 2.45. The first-order valence-corrected chi connectivity index (χ1v) is 9.16. The van der Waals surface area contributed by atoms with E-state index in [0.29, 0.717) is 0 Å². The van der Waals surface area contributed by atoms with Crippen LogP contribution in [0.3, 0.4) is 0 Å². The predicted octanol–water partition coefficient (Wildman–Crippen LogP) is 3.46. The Hall–Kier alpha value is -2.17. The summed E-state index contributed by atoms with van der Waals surface area (Å²) in [6.45, 7) is 3.93. The first kappa shape index (κ1) is 17.6. The fourth-order valence-electron chi connectivity index (χ4n) is 4.09. The van der Waals surface area contributed by atoms with E-state index in [9.17, 15) is 14.4 Å². The largest absolute Gasteiger partial charge is 0.324 e. The fraction of sp³-hybridized carbons (Fsp3) is 0.550. The lowest BCUT2D eigenvalue weighted by Crippen LogP contribution is -2.41. The van der Waals surface area contributed by atoms with Crippen LogP contribution in [0.15, 0.2) is 24.3 Å². The molecule has 1 heterocycles. The van der Waals surface area contributed by atoms with Crippen LogP contribution < -0.4 is 5.32 Å². The van der Waals surface area contributed by atoms with E-state index in [1.54, 1.807) is 0 Å². The lowest BCUT2D eigenvalue weighted by molar-refractivity contribution is -0.144. The molecule has 1 saturated heterocycles. The zero-order valence-electron chi connectivity index (χ0n) is 15.0. The van der Waals surface area contributed by atoms with Crippen LogP contribution in [-0.2, 0) is 14.4 Å². The van der Waals surface area contributed by atoms with Gasteiger partial charge in [0.25, 0.3) is 0 Å². The van der Waals surface area contributed by atoms with Gasteiger partial charge in [0.2, 0.25) is 17.7 Å². The Kier molecular flexibility index (Phi) is 4.93. The third kappa shape index (κ3) is 3.46. The molecule has 0 radical (unpaired) electrons. The molecule has 0 atom stereocenters. The van der Waals surface area contributed by atoms with Crippen molar-refractivity contribution in [3.05, 3.63) is 29.8 Å². The number of benzene rings is 1. The molecule has 5 heteroatoms. The van der Waals surface area contributed by atoms with Gasteiger partial charge in [0.1, 0.15) is 6.54 Å². The number of imide groups is 1. The van der Waals surface area contributed by atoms with Crippen LogP contribution >= 0.6 is 0 Å². The topological polar surface area (TPSA) is 66.5 Å². The fourth-order valence-corrected chi connectivity index (χ4v) is 4.09. The Labute approximate surface area is 148 Å². The first-order valence-electron chi connectivity index (χ1n) is 9.16. The first-order chi connectivity index (χ1) is 11.9. The number of hydrogen-bond acceptors (Lipinski definition) is 3. The summed E-state index contributed by atoms with van der Waals surface area (Å²) in [6.07, 6.45) is 4.90. The van der Waals surface area contributed by atoms with Gasteiger partial charge >= 0.3 is 0 Å². The van der Waals surface area contributed by atoms with Gasteiger partial charge in [-0.15, -0.1) is 0 Å². The number of para-hydroxylation sites is 1. The second kappa shape index (κ2) is 6.98. The third-order valence-electron chi connectivity index (χ3n) is 5.46. The maximum absolute atomic E-state index is 12.8. The molecule has 134 valence electrons. The van der Waals surface area contributed by atoms with Crippen LogP contribution in [-0.4, -0.2) is 29.2 Å². The molecular weight excluding hydrogens is 316 g/mol. The number of likely N-dealkylation sites (tertiary alicyclic amines) is 1. The van der Waals surface area contributed by atoms with Gasteiger partial charge in [0, 0.05) is 12.1 Å². The second-order valence-electron chi connectivity index (χ2n) is 7.59. The monoisotopic (exact) mass is 342 g/mol. The van der Waals surface area contributed by atoms with Crippen molar-refractivity contribution in [2.75, 3.05) is 11.9 Å². The summed E-state index contributed by atoms with van der Waals surface area (Å²) in [5.41, 5.74) is 1.25. The summed E-state index contributed by atoms with van der Waals surface area (Å²) in [7, 11) is 0. The Morgan fingerprint density at radius 3 is 2.52 bits per heavy atom. The van der Waals surface area contributed by atoms with Crippen LogP contribution in [0, 0.1) is 5.41 Å². The van der Waals surface area contributed by atoms with Gasteiger partial charge in [0.15, 0.2) is 0 Å². The third-order valence-corrected chi connectivity index (χ3v) is 5.46. The van der Waals surface area contributed by atoms with Crippen molar-refractivity contribution in [2.45, 2.75) is 58.3 Å². The van der Waals surface area contributed by atoms with E-state index in [0.717, 1.165) is 43.4 Å². The molecular formula is C20H26N2O3. The number of carbonyl (C=O) groups is 3. The van der Waals surface area contributed by atoms with E-state index < -0.39 is 5.41 Å². The summed E-state index contributed by atoms with van der Waals surface area (Å²) in [6, 6.07) is 7.63. The van der Waals surface area contributed by atoms with Gasteiger partial charge in [0.05, 0.1) is 5.41 Å². The normalized spacial score (nSPS) is 19.7. The number of amides is 3. The van der Waals surface area contributed by atoms with Crippen molar-refractivity contribution in [2.24, 2.45) is 5.41 Å². The molecule has 1 N–H and O–H groups in total. The molecule has 2 aliphatic rings. The van der Waals surface area contributed by atoms with Crippen molar-refractivity contribution in [1.82, 2.24) is 4.90 Å². The molecule has 3 amide bonds. The highest BCUT2D eigenvalue weighted by molar-refractivity contribution is 6.09. The number of nitrogens with zero attached hydrogens (tertiary/aromatic N) is 1. The molecule has 25 heavy (non-hydrogen) atoms. The van der Waals surface area contributed by atoms with Crippen molar-refractivity contribution in [3.63, 3.8) is 0 Å². The molecule has 1 aromatic rings. The summed E-state index contributed by atoms with van der Waals surface area (Å²) in [5, 5.41) is 2.87. The van der Waals surface area contributed by atoms with Gasteiger partial charge in [-0.2, -0.15) is 0 Å². The van der Waals surface area contributed by atoms with Crippen LogP contribution in [0.4, 0.5) is 5.69 Å². The number of anilines is 1. The minimum absolute atomic E-state index is 0.149. The molecule has 1 spiro atoms. The Morgan fingerprint density at radius 2 is 1.84 bits per heavy atom. The van der Waals surface area contributed by atoms with Crippen molar-refractivity contribution in [3.8, 4) is 0 Å². The lowest BCUT2D eigenvalue weighted by atomic mass is 9.73. The maximum atomic E-state index is 12.8. The zero-order chi connectivity index (χ0) is 18.0. The number of rotatable bonds is 4. The van der Waals surface area contributed by atoms with Gasteiger partial charge in [-0.1, -0.05) is 51.3 Å². The molecule has 0 bridgehead atoms. The minimum Gasteiger partial charge on any atom is -0.324 e. The molecule has 1 aromatic carbocycles. The molecule has 1 saturated carbocycles. The van der Waals surface area contributed by atoms with Crippen molar-refractivity contribution < 1.29 is 14.4 Å². The summed E-state index contributed by atoms with van der Waals surface area (Å²) in [5.74, 6) is -0.400. The van der Waals surface area contributed by atoms with Crippen LogP contribution in [0.5, 0.6) is 0 Å². The average Bonchev–Trinajstić information content (AvgIpc) is 2.80. The molecule has 2 fully saturated rings. The summed E-state index contributed by atoms with van der Waals surface area (Å²) < 4.78 is 0. The standard InChI is InChI=1S/C20H26N2O3/c1-14(2)15-8-4-5-9-16(15)21-17(23)13-22-18(24)12-20(19(22)25)10-6-3-7-11-20/h4-5,8-9,14H,3,6-7,10-13H2,1-2H3,(H,21,23). The van der Waals surface area contributed by atoms with Crippen molar-refractivity contribution >= 4 is 23.4 Å². The smallest absolute Gasteiger partial charge is 0.244 e.